The number of benzene rings is 1. The van der Waals surface area contributed by atoms with Crippen molar-refractivity contribution in [2.24, 2.45) is 0 Å². The minimum Gasteiger partial charge on any atom is -0.491 e. The number of carboxylic acid groups (broad SMARTS) is 1. The molecule has 20 heavy (non-hydrogen) atoms. The van der Waals surface area contributed by atoms with Crippen LogP contribution in [0.15, 0.2) is 24.3 Å². The van der Waals surface area contributed by atoms with Crippen molar-refractivity contribution in [3.8, 4) is 5.75 Å². The second kappa shape index (κ2) is 6.91. The second-order valence-corrected chi connectivity index (χ2v) is 4.72. The number of carbonyl (C=O) groups is 2. The number of hydrogen-bond donors (Lipinski definition) is 3. The highest BCUT2D eigenvalue weighted by molar-refractivity contribution is 5.96. The number of carbonyl (C=O) groups excluding carboxylic acids is 1. The van der Waals surface area contributed by atoms with Gasteiger partial charge in [-0.25, -0.2) is 4.79 Å². The molecule has 1 amide bonds. The zero-order valence-corrected chi connectivity index (χ0v) is 11.7. The topological polar surface area (TPSA) is 95.9 Å². The molecule has 0 spiro atoms. The first-order chi connectivity index (χ1) is 9.31. The standard InChI is InChI=1S/C14H19NO5/c1-8(2)20-11-6-4-10(5-7-11)13(17)15-12(9(3)16)14(18)19/h4-9,12,16H,1-3H3,(H,15,17)(H,18,19)/t9-,12+/m1/s1. The molecule has 0 heterocycles. The van der Waals surface area contributed by atoms with Crippen LogP contribution in [0.1, 0.15) is 31.1 Å². The van der Waals surface area contributed by atoms with Crippen molar-refractivity contribution in [1.82, 2.24) is 5.32 Å². The van der Waals surface area contributed by atoms with Gasteiger partial charge < -0.3 is 20.3 Å². The van der Waals surface area contributed by atoms with Gasteiger partial charge in [0.2, 0.25) is 0 Å². The normalized spacial score (nSPS) is 13.7. The molecule has 1 rings (SSSR count). The Kier molecular flexibility index (Phi) is 5.52. The van der Waals surface area contributed by atoms with Crippen molar-refractivity contribution in [2.75, 3.05) is 0 Å². The van der Waals surface area contributed by atoms with E-state index in [-0.39, 0.29) is 6.10 Å². The van der Waals surface area contributed by atoms with Crippen LogP contribution in [0.2, 0.25) is 0 Å². The van der Waals surface area contributed by atoms with Crippen molar-refractivity contribution in [3.05, 3.63) is 29.8 Å². The van der Waals surface area contributed by atoms with Crippen molar-refractivity contribution >= 4 is 11.9 Å². The lowest BCUT2D eigenvalue weighted by Gasteiger charge is -2.17. The highest BCUT2D eigenvalue weighted by atomic mass is 16.5. The number of ether oxygens (including phenoxy) is 1. The molecule has 0 bridgehead atoms. The first-order valence-electron chi connectivity index (χ1n) is 6.29. The number of aliphatic carboxylic acids is 1. The fraction of sp³-hybridized carbons (Fsp3) is 0.429. The molecule has 0 unspecified atom stereocenters. The number of rotatable bonds is 6. The van der Waals surface area contributed by atoms with Crippen LogP contribution >= 0.6 is 0 Å². The van der Waals surface area contributed by atoms with Gasteiger partial charge in [0.15, 0.2) is 6.04 Å². The molecule has 3 N–H and O–H groups in total. The summed E-state index contributed by atoms with van der Waals surface area (Å²) in [5.74, 6) is -1.22. The number of aliphatic hydroxyl groups is 1. The van der Waals surface area contributed by atoms with Crippen LogP contribution in [-0.2, 0) is 4.79 Å². The fourth-order valence-corrected chi connectivity index (χ4v) is 1.57. The zero-order valence-electron chi connectivity index (χ0n) is 11.7. The molecule has 0 saturated carbocycles. The first-order valence-corrected chi connectivity index (χ1v) is 6.29. The molecule has 0 aromatic heterocycles. The Hall–Kier alpha value is -2.08. The number of nitrogens with one attached hydrogen (secondary N) is 1. The van der Waals surface area contributed by atoms with Crippen LogP contribution in [-0.4, -0.2) is 40.3 Å². The number of carboxylic acids is 1. The van der Waals surface area contributed by atoms with Gasteiger partial charge in [-0.2, -0.15) is 0 Å². The highest BCUT2D eigenvalue weighted by Crippen LogP contribution is 2.14. The van der Waals surface area contributed by atoms with E-state index in [4.69, 9.17) is 9.84 Å². The molecule has 0 aliphatic rings. The summed E-state index contributed by atoms with van der Waals surface area (Å²) < 4.78 is 5.44. The predicted molar refractivity (Wildman–Crippen MR) is 72.8 cm³/mol. The second-order valence-electron chi connectivity index (χ2n) is 4.72. The Morgan fingerprint density at radius 1 is 1.15 bits per heavy atom. The van der Waals surface area contributed by atoms with Crippen LogP contribution in [0.25, 0.3) is 0 Å². The Balaban J connectivity index is 2.74. The van der Waals surface area contributed by atoms with E-state index in [2.05, 4.69) is 5.32 Å². The van der Waals surface area contributed by atoms with Gasteiger partial charge in [0.1, 0.15) is 5.75 Å². The molecule has 110 valence electrons. The molecule has 1 aromatic carbocycles. The highest BCUT2D eigenvalue weighted by Gasteiger charge is 2.25. The first kappa shape index (κ1) is 16.0. The summed E-state index contributed by atoms with van der Waals surface area (Å²) in [5.41, 5.74) is 0.299. The summed E-state index contributed by atoms with van der Waals surface area (Å²) in [6.45, 7) is 5.08. The summed E-state index contributed by atoms with van der Waals surface area (Å²) in [6, 6.07) is 5.00. The monoisotopic (exact) mass is 281 g/mol. The summed E-state index contributed by atoms with van der Waals surface area (Å²) in [4.78, 5) is 22.8. The van der Waals surface area contributed by atoms with Crippen molar-refractivity contribution in [1.29, 1.82) is 0 Å². The van der Waals surface area contributed by atoms with Gasteiger partial charge in [-0.05, 0) is 45.0 Å². The minimum absolute atomic E-state index is 0.0290. The summed E-state index contributed by atoms with van der Waals surface area (Å²) in [5, 5.41) is 20.5. The Bertz CT molecular complexity index is 467. The lowest BCUT2D eigenvalue weighted by atomic mass is 10.1. The maximum absolute atomic E-state index is 11.9. The maximum Gasteiger partial charge on any atom is 0.328 e. The minimum atomic E-state index is -1.34. The van der Waals surface area contributed by atoms with Crippen molar-refractivity contribution in [2.45, 2.75) is 39.0 Å². The van der Waals surface area contributed by atoms with Gasteiger partial charge in [0.25, 0.3) is 5.91 Å². The van der Waals surface area contributed by atoms with Gasteiger partial charge in [-0.1, -0.05) is 0 Å². The number of amides is 1. The fourth-order valence-electron chi connectivity index (χ4n) is 1.57. The average Bonchev–Trinajstić information content (AvgIpc) is 2.35. The molecule has 6 heteroatoms. The number of aliphatic hydroxyl groups excluding tert-OH is 1. The molecule has 6 nitrogen and oxygen atoms in total. The van der Waals surface area contributed by atoms with Crippen molar-refractivity contribution < 1.29 is 24.5 Å². The van der Waals surface area contributed by atoms with Crippen LogP contribution in [0.3, 0.4) is 0 Å². The van der Waals surface area contributed by atoms with Crippen LogP contribution in [0, 0.1) is 0 Å². The van der Waals surface area contributed by atoms with Gasteiger partial charge in [-0.15, -0.1) is 0 Å². The lowest BCUT2D eigenvalue weighted by molar-refractivity contribution is -0.141. The maximum atomic E-state index is 11.9. The quantitative estimate of drug-likeness (QED) is 0.724. The summed E-state index contributed by atoms with van der Waals surface area (Å²) in [6.07, 6.45) is -1.15. The molecular formula is C14H19NO5. The van der Waals surface area contributed by atoms with Gasteiger partial charge >= 0.3 is 5.97 Å². The largest absolute Gasteiger partial charge is 0.491 e. The molecule has 0 radical (unpaired) electrons. The Labute approximate surface area is 117 Å². The van der Waals surface area contributed by atoms with Gasteiger partial charge in [-0.3, -0.25) is 4.79 Å². The molecule has 1 aromatic rings. The summed E-state index contributed by atoms with van der Waals surface area (Å²) >= 11 is 0. The molecule has 2 atom stereocenters. The van der Waals surface area contributed by atoms with Crippen molar-refractivity contribution in [3.63, 3.8) is 0 Å². The Morgan fingerprint density at radius 3 is 2.10 bits per heavy atom. The van der Waals surface area contributed by atoms with Gasteiger partial charge in [0, 0.05) is 5.56 Å². The molecule has 0 saturated heterocycles. The van der Waals surface area contributed by atoms with Crippen LogP contribution in [0.5, 0.6) is 5.75 Å². The molecule has 0 aliphatic heterocycles. The lowest BCUT2D eigenvalue weighted by Crippen LogP contribution is -2.47. The Morgan fingerprint density at radius 2 is 1.70 bits per heavy atom. The predicted octanol–water partition coefficient (Wildman–Crippen LogP) is 1.04. The average molecular weight is 281 g/mol. The van der Waals surface area contributed by atoms with Crippen LogP contribution < -0.4 is 10.1 Å². The van der Waals surface area contributed by atoms with Gasteiger partial charge in [0.05, 0.1) is 12.2 Å². The van der Waals surface area contributed by atoms with E-state index in [1.54, 1.807) is 12.1 Å². The third-order valence-corrected chi connectivity index (χ3v) is 2.52. The molecular weight excluding hydrogens is 262 g/mol. The smallest absolute Gasteiger partial charge is 0.328 e. The number of hydrogen-bond acceptors (Lipinski definition) is 4. The van der Waals surface area contributed by atoms with E-state index < -0.39 is 24.0 Å². The molecule has 0 fully saturated rings. The SMILES string of the molecule is CC(C)Oc1ccc(C(=O)N[C@H](C(=O)O)[C@@H](C)O)cc1. The van der Waals surface area contributed by atoms with E-state index in [9.17, 15) is 14.7 Å². The zero-order chi connectivity index (χ0) is 15.3. The van der Waals surface area contributed by atoms with E-state index in [0.29, 0.717) is 11.3 Å². The van der Waals surface area contributed by atoms with E-state index in [1.807, 2.05) is 13.8 Å². The van der Waals surface area contributed by atoms with E-state index in [0.717, 1.165) is 0 Å². The van der Waals surface area contributed by atoms with Crippen LogP contribution in [0.4, 0.5) is 0 Å². The third kappa shape index (κ3) is 4.55. The van der Waals surface area contributed by atoms with E-state index >= 15 is 0 Å². The summed E-state index contributed by atoms with van der Waals surface area (Å²) in [7, 11) is 0. The third-order valence-electron chi connectivity index (χ3n) is 2.52. The molecule has 0 aliphatic carbocycles. The van der Waals surface area contributed by atoms with E-state index in [1.165, 1.54) is 19.1 Å².